The van der Waals surface area contributed by atoms with Crippen LogP contribution in [-0.4, -0.2) is 40.2 Å². The van der Waals surface area contributed by atoms with E-state index in [0.29, 0.717) is 23.4 Å². The Morgan fingerprint density at radius 2 is 1.81 bits per heavy atom. The number of aromatic nitrogens is 1. The van der Waals surface area contributed by atoms with Crippen LogP contribution in [0.1, 0.15) is 11.7 Å². The molecule has 1 fully saturated rings. The molecule has 2 aliphatic heterocycles. The molecule has 0 bridgehead atoms. The van der Waals surface area contributed by atoms with Gasteiger partial charge in [0.2, 0.25) is 5.91 Å². The Kier molecular flexibility index (Phi) is 5.15. The van der Waals surface area contributed by atoms with Gasteiger partial charge in [-0.2, -0.15) is 0 Å². The monoisotopic (exact) mass is 433 g/mol. The summed E-state index contributed by atoms with van der Waals surface area (Å²) in [6, 6.07) is 18.2. The van der Waals surface area contributed by atoms with Gasteiger partial charge in [-0.05, 0) is 49.0 Å². The average molecular weight is 433 g/mol. The second-order valence-corrected chi connectivity index (χ2v) is 8.52. The smallest absolute Gasteiger partial charge is 0.258 e. The third kappa shape index (κ3) is 3.25. The summed E-state index contributed by atoms with van der Waals surface area (Å²) in [4.78, 5) is 28.3. The number of rotatable bonds is 4. The Morgan fingerprint density at radius 3 is 2.50 bits per heavy atom. The lowest BCUT2D eigenvalue weighted by Crippen LogP contribution is -2.44. The van der Waals surface area contributed by atoms with Crippen molar-refractivity contribution in [2.24, 2.45) is 11.8 Å². The highest BCUT2D eigenvalue weighted by atomic mass is 19.1. The number of hydrogen-bond acceptors (Lipinski definition) is 4. The predicted molar refractivity (Wildman–Crippen MR) is 120 cm³/mol. The first-order chi connectivity index (χ1) is 15.5. The van der Waals surface area contributed by atoms with Crippen LogP contribution in [0.2, 0.25) is 0 Å². The van der Waals surface area contributed by atoms with E-state index >= 15 is 0 Å². The van der Waals surface area contributed by atoms with Crippen LogP contribution in [0.25, 0.3) is 11.1 Å². The number of carbonyl (C=O) groups is 1. The minimum Gasteiger partial charge on any atom is -0.396 e. The lowest BCUT2D eigenvalue weighted by atomic mass is 9.88. The van der Waals surface area contributed by atoms with Crippen molar-refractivity contribution >= 4 is 11.6 Å². The molecule has 1 amide bonds. The number of pyridine rings is 1. The molecule has 0 saturated carbocycles. The zero-order valence-corrected chi connectivity index (χ0v) is 17.6. The molecular weight excluding hydrogens is 409 g/mol. The fraction of sp³-hybridized carbons (Fsp3) is 0.280. The van der Waals surface area contributed by atoms with Crippen molar-refractivity contribution in [1.82, 2.24) is 9.47 Å². The molecule has 2 aliphatic rings. The lowest BCUT2D eigenvalue weighted by Gasteiger charge is -2.27. The third-order valence-electron chi connectivity index (χ3n) is 6.82. The van der Waals surface area contributed by atoms with Gasteiger partial charge in [0.15, 0.2) is 0 Å². The SMILES string of the molecule is CN1[C@@H]2c3ccc(-c4ccc(F)cc4)c(=O)n3C[C@@H]2[C@@H](CO)[C@@H]1C(=O)Nc1ccccc1. The maximum atomic E-state index is 13.3. The summed E-state index contributed by atoms with van der Waals surface area (Å²) >= 11 is 0. The molecule has 0 unspecified atom stereocenters. The summed E-state index contributed by atoms with van der Waals surface area (Å²) in [5.41, 5.74) is 2.58. The van der Waals surface area contributed by atoms with E-state index < -0.39 is 6.04 Å². The van der Waals surface area contributed by atoms with E-state index in [1.54, 1.807) is 22.8 Å². The number of halogens is 1. The van der Waals surface area contributed by atoms with Crippen LogP contribution >= 0.6 is 0 Å². The largest absolute Gasteiger partial charge is 0.396 e. The number of nitrogens with one attached hydrogen (secondary N) is 1. The molecule has 6 nitrogen and oxygen atoms in total. The first-order valence-corrected chi connectivity index (χ1v) is 10.7. The van der Waals surface area contributed by atoms with Gasteiger partial charge in [0.1, 0.15) is 5.82 Å². The molecule has 0 aliphatic carbocycles. The summed E-state index contributed by atoms with van der Waals surface area (Å²) in [6.45, 7) is 0.282. The Bertz CT molecular complexity index is 1210. The van der Waals surface area contributed by atoms with E-state index in [1.165, 1.54) is 12.1 Å². The average Bonchev–Trinajstić information content (AvgIpc) is 3.31. The molecule has 3 heterocycles. The van der Waals surface area contributed by atoms with Crippen LogP contribution in [0.15, 0.2) is 71.5 Å². The van der Waals surface area contributed by atoms with E-state index in [4.69, 9.17) is 0 Å². The number of amides is 1. The summed E-state index contributed by atoms with van der Waals surface area (Å²) in [5.74, 6) is -0.879. The van der Waals surface area contributed by atoms with Crippen molar-refractivity contribution in [3.8, 4) is 11.1 Å². The fourth-order valence-corrected chi connectivity index (χ4v) is 5.36. The topological polar surface area (TPSA) is 74.6 Å². The Balaban J connectivity index is 1.47. The molecular formula is C25H24FN3O3. The molecule has 1 saturated heterocycles. The second kappa shape index (κ2) is 8.00. The lowest BCUT2D eigenvalue weighted by molar-refractivity contribution is -0.122. The highest BCUT2D eigenvalue weighted by Gasteiger charge is 2.54. The minimum absolute atomic E-state index is 0.0623. The molecule has 2 N–H and O–H groups in total. The summed E-state index contributed by atoms with van der Waals surface area (Å²) in [7, 11) is 1.87. The number of anilines is 1. The number of benzene rings is 2. The quantitative estimate of drug-likeness (QED) is 0.664. The Morgan fingerprint density at radius 1 is 1.09 bits per heavy atom. The Hall–Kier alpha value is -3.29. The number of carbonyl (C=O) groups excluding carboxylic acids is 1. The molecule has 4 atom stereocenters. The molecule has 0 spiro atoms. The van der Waals surface area contributed by atoms with Gasteiger partial charge in [-0.3, -0.25) is 14.5 Å². The van der Waals surface area contributed by atoms with Gasteiger partial charge < -0.3 is 15.0 Å². The van der Waals surface area contributed by atoms with Gasteiger partial charge >= 0.3 is 0 Å². The molecule has 7 heteroatoms. The first kappa shape index (κ1) is 20.6. The fourth-order valence-electron chi connectivity index (χ4n) is 5.36. The number of likely N-dealkylation sites (tertiary alicyclic amines) is 1. The van der Waals surface area contributed by atoms with Crippen molar-refractivity contribution in [3.05, 3.63) is 88.6 Å². The molecule has 164 valence electrons. The van der Waals surface area contributed by atoms with E-state index in [9.17, 15) is 19.1 Å². The van der Waals surface area contributed by atoms with Crippen LogP contribution in [0.3, 0.4) is 0 Å². The van der Waals surface area contributed by atoms with Gasteiger partial charge in [0.05, 0.1) is 12.1 Å². The molecule has 1 aromatic heterocycles. The number of aliphatic hydroxyl groups excluding tert-OH is 1. The summed E-state index contributed by atoms with van der Waals surface area (Å²) in [6.07, 6.45) is 0. The molecule has 5 rings (SSSR count). The van der Waals surface area contributed by atoms with Crippen molar-refractivity contribution in [1.29, 1.82) is 0 Å². The maximum absolute atomic E-state index is 13.3. The van der Waals surface area contributed by atoms with Gasteiger partial charge in [-0.15, -0.1) is 0 Å². The highest BCUT2D eigenvalue weighted by molar-refractivity contribution is 5.95. The number of fused-ring (bicyclic) bond motifs is 3. The second-order valence-electron chi connectivity index (χ2n) is 8.52. The minimum atomic E-state index is -0.504. The van der Waals surface area contributed by atoms with Gasteiger partial charge in [0.25, 0.3) is 5.56 Å². The van der Waals surface area contributed by atoms with Crippen LogP contribution in [0.4, 0.5) is 10.1 Å². The Labute approximate surface area is 184 Å². The van der Waals surface area contributed by atoms with Crippen molar-refractivity contribution in [2.75, 3.05) is 19.0 Å². The van der Waals surface area contributed by atoms with Gasteiger partial charge in [-0.1, -0.05) is 30.3 Å². The molecule has 2 aromatic carbocycles. The number of hydrogen-bond donors (Lipinski definition) is 2. The van der Waals surface area contributed by atoms with E-state index in [0.717, 1.165) is 5.69 Å². The van der Waals surface area contributed by atoms with Gasteiger partial charge in [0, 0.05) is 41.9 Å². The van der Waals surface area contributed by atoms with E-state index in [-0.39, 0.29) is 41.8 Å². The van der Waals surface area contributed by atoms with Crippen molar-refractivity contribution in [2.45, 2.75) is 18.6 Å². The van der Waals surface area contributed by atoms with Crippen molar-refractivity contribution in [3.63, 3.8) is 0 Å². The van der Waals surface area contributed by atoms with E-state index in [2.05, 4.69) is 5.32 Å². The number of para-hydroxylation sites is 1. The summed E-state index contributed by atoms with van der Waals surface area (Å²) in [5, 5.41) is 13.1. The van der Waals surface area contributed by atoms with Crippen LogP contribution in [0, 0.1) is 17.7 Å². The third-order valence-corrected chi connectivity index (χ3v) is 6.82. The van der Waals surface area contributed by atoms with Crippen LogP contribution in [-0.2, 0) is 11.3 Å². The molecule has 32 heavy (non-hydrogen) atoms. The highest BCUT2D eigenvalue weighted by Crippen LogP contribution is 2.48. The molecule has 0 radical (unpaired) electrons. The van der Waals surface area contributed by atoms with E-state index in [1.807, 2.05) is 48.3 Å². The van der Waals surface area contributed by atoms with Crippen LogP contribution in [0.5, 0.6) is 0 Å². The number of aliphatic hydroxyl groups is 1. The zero-order valence-electron chi connectivity index (χ0n) is 17.6. The first-order valence-electron chi connectivity index (χ1n) is 10.7. The zero-order chi connectivity index (χ0) is 22.4. The molecule has 3 aromatic rings. The van der Waals surface area contributed by atoms with Crippen LogP contribution < -0.4 is 10.9 Å². The number of likely N-dealkylation sites (N-methyl/N-ethyl adjacent to an activating group) is 1. The van der Waals surface area contributed by atoms with Gasteiger partial charge in [-0.25, -0.2) is 4.39 Å². The summed E-state index contributed by atoms with van der Waals surface area (Å²) < 4.78 is 15.0. The number of nitrogens with zero attached hydrogens (tertiary/aromatic N) is 2. The standard InChI is InChI=1S/C25H24FN3O3/c1-28-22-19(20(14-30)23(28)24(31)27-17-5-3-2-4-6-17)13-29-21(22)12-11-18(25(29)32)15-7-9-16(26)10-8-15/h2-12,19-20,22-23,30H,13-14H2,1H3,(H,27,31)/t19-,20-,22+,23-/m1/s1. The maximum Gasteiger partial charge on any atom is 0.258 e. The predicted octanol–water partition coefficient (Wildman–Crippen LogP) is 2.89. The van der Waals surface area contributed by atoms with Crippen molar-refractivity contribution < 1.29 is 14.3 Å². The normalized spacial score (nSPS) is 24.2.